The van der Waals surface area contributed by atoms with E-state index in [9.17, 15) is 0 Å². The van der Waals surface area contributed by atoms with E-state index in [2.05, 4.69) is 65.6 Å². The van der Waals surface area contributed by atoms with Gasteiger partial charge in [0.2, 0.25) is 0 Å². The minimum atomic E-state index is 0.0669. The molecule has 1 fully saturated rings. The summed E-state index contributed by atoms with van der Waals surface area (Å²) in [6.45, 7) is 11.1. The summed E-state index contributed by atoms with van der Waals surface area (Å²) in [4.78, 5) is 6.82. The summed E-state index contributed by atoms with van der Waals surface area (Å²) in [5.74, 6) is 0.836. The number of hydrogen-bond donors (Lipinski definition) is 2. The van der Waals surface area contributed by atoms with Crippen molar-refractivity contribution in [3.8, 4) is 0 Å². The van der Waals surface area contributed by atoms with Crippen molar-refractivity contribution in [2.75, 3.05) is 39.9 Å². The molecule has 2 N–H and O–H groups in total. The minimum Gasteiger partial charge on any atom is -0.379 e. The molecule has 0 bridgehead atoms. The smallest absolute Gasteiger partial charge is 0.191 e. The third kappa shape index (κ3) is 5.22. The first-order valence-corrected chi connectivity index (χ1v) is 8.38. The van der Waals surface area contributed by atoms with Crippen molar-refractivity contribution in [3.05, 3.63) is 35.9 Å². The van der Waals surface area contributed by atoms with E-state index < -0.39 is 0 Å². The Morgan fingerprint density at radius 3 is 2.52 bits per heavy atom. The number of nitrogens with zero attached hydrogens (tertiary/aromatic N) is 2. The van der Waals surface area contributed by atoms with Crippen molar-refractivity contribution in [1.29, 1.82) is 0 Å². The molecule has 0 spiro atoms. The lowest BCUT2D eigenvalue weighted by atomic mass is 10.0. The van der Waals surface area contributed by atoms with Gasteiger partial charge in [-0.05, 0) is 26.3 Å². The zero-order chi connectivity index (χ0) is 16.7. The molecule has 0 radical (unpaired) electrons. The lowest BCUT2D eigenvalue weighted by Gasteiger charge is -2.41. The normalized spacial score (nSPS) is 18.5. The number of ether oxygens (including phenoxy) is 1. The SMILES string of the molecule is CN=C(NCC(C)(C)N1CCOCC1)NC(C)c1ccccc1. The van der Waals surface area contributed by atoms with Crippen LogP contribution in [-0.2, 0) is 4.74 Å². The third-order valence-corrected chi connectivity index (χ3v) is 4.43. The van der Waals surface area contributed by atoms with Crippen molar-refractivity contribution in [2.24, 2.45) is 4.99 Å². The van der Waals surface area contributed by atoms with Crippen molar-refractivity contribution in [1.82, 2.24) is 15.5 Å². The Morgan fingerprint density at radius 2 is 1.91 bits per heavy atom. The second-order valence-corrected chi connectivity index (χ2v) is 6.61. The predicted octanol–water partition coefficient (Wildman–Crippen LogP) is 2.02. The summed E-state index contributed by atoms with van der Waals surface area (Å²) < 4.78 is 5.45. The van der Waals surface area contributed by atoms with Crippen LogP contribution in [0.4, 0.5) is 0 Å². The highest BCUT2D eigenvalue weighted by molar-refractivity contribution is 5.80. The van der Waals surface area contributed by atoms with E-state index in [4.69, 9.17) is 4.74 Å². The molecule has 0 saturated carbocycles. The van der Waals surface area contributed by atoms with Gasteiger partial charge in [0.1, 0.15) is 0 Å². The van der Waals surface area contributed by atoms with Gasteiger partial charge in [-0.15, -0.1) is 0 Å². The largest absolute Gasteiger partial charge is 0.379 e. The molecule has 0 amide bonds. The highest BCUT2D eigenvalue weighted by Gasteiger charge is 2.28. The average molecular weight is 318 g/mol. The van der Waals surface area contributed by atoms with Crippen LogP contribution in [0.5, 0.6) is 0 Å². The molecule has 128 valence electrons. The van der Waals surface area contributed by atoms with Gasteiger partial charge in [-0.2, -0.15) is 0 Å². The monoisotopic (exact) mass is 318 g/mol. The summed E-state index contributed by atoms with van der Waals surface area (Å²) in [6, 6.07) is 10.6. The number of benzene rings is 1. The molecule has 0 aliphatic carbocycles. The Hall–Kier alpha value is -1.59. The maximum atomic E-state index is 5.45. The molecule has 23 heavy (non-hydrogen) atoms. The van der Waals surface area contributed by atoms with Gasteiger partial charge >= 0.3 is 0 Å². The molecule has 5 heteroatoms. The Kier molecular flexibility index (Phi) is 6.42. The number of aliphatic imine (C=N–C) groups is 1. The first-order valence-electron chi connectivity index (χ1n) is 8.38. The number of guanidine groups is 1. The molecule has 1 saturated heterocycles. The molecule has 1 aliphatic heterocycles. The van der Waals surface area contributed by atoms with Crippen LogP contribution in [-0.4, -0.2) is 56.3 Å². The van der Waals surface area contributed by atoms with Crippen molar-refractivity contribution >= 4 is 5.96 Å². The predicted molar refractivity (Wildman–Crippen MR) is 95.8 cm³/mol. The summed E-state index contributed by atoms with van der Waals surface area (Å²) in [6.07, 6.45) is 0. The topological polar surface area (TPSA) is 48.9 Å². The molecule has 5 nitrogen and oxygen atoms in total. The zero-order valence-corrected chi connectivity index (χ0v) is 14.8. The fourth-order valence-corrected chi connectivity index (χ4v) is 2.81. The van der Waals surface area contributed by atoms with E-state index in [1.165, 1.54) is 5.56 Å². The fraction of sp³-hybridized carbons (Fsp3) is 0.611. The summed E-state index contributed by atoms with van der Waals surface area (Å²) >= 11 is 0. The fourth-order valence-electron chi connectivity index (χ4n) is 2.81. The molecule has 2 rings (SSSR count). The van der Waals surface area contributed by atoms with Crippen molar-refractivity contribution in [2.45, 2.75) is 32.4 Å². The van der Waals surface area contributed by atoms with Gasteiger partial charge in [0.05, 0.1) is 19.3 Å². The van der Waals surface area contributed by atoms with Gasteiger partial charge in [0.15, 0.2) is 5.96 Å². The highest BCUT2D eigenvalue weighted by atomic mass is 16.5. The van der Waals surface area contributed by atoms with E-state index in [1.807, 2.05) is 13.1 Å². The van der Waals surface area contributed by atoms with Crippen LogP contribution in [0.1, 0.15) is 32.4 Å². The van der Waals surface area contributed by atoms with Gasteiger partial charge in [-0.25, -0.2) is 0 Å². The average Bonchev–Trinajstić information content (AvgIpc) is 2.60. The second kappa shape index (κ2) is 8.31. The highest BCUT2D eigenvalue weighted by Crippen LogP contribution is 2.15. The minimum absolute atomic E-state index is 0.0669. The first kappa shape index (κ1) is 17.8. The standard InChI is InChI=1S/C18H30N4O/c1-15(16-8-6-5-7-9-16)21-17(19-4)20-14-18(2,3)22-10-12-23-13-11-22/h5-9,15H,10-14H2,1-4H3,(H2,19,20,21). The molecule has 1 aromatic rings. The molecular formula is C18H30N4O. The van der Waals surface area contributed by atoms with Gasteiger partial charge in [0.25, 0.3) is 0 Å². The van der Waals surface area contributed by atoms with Crippen LogP contribution in [0.25, 0.3) is 0 Å². The zero-order valence-electron chi connectivity index (χ0n) is 14.8. The quantitative estimate of drug-likeness (QED) is 0.644. The number of nitrogens with one attached hydrogen (secondary N) is 2. The van der Waals surface area contributed by atoms with E-state index in [-0.39, 0.29) is 11.6 Å². The van der Waals surface area contributed by atoms with Crippen LogP contribution < -0.4 is 10.6 Å². The van der Waals surface area contributed by atoms with E-state index >= 15 is 0 Å². The number of hydrogen-bond acceptors (Lipinski definition) is 3. The van der Waals surface area contributed by atoms with Crippen molar-refractivity contribution < 1.29 is 4.74 Å². The lowest BCUT2D eigenvalue weighted by molar-refractivity contribution is -0.00834. The van der Waals surface area contributed by atoms with E-state index in [0.29, 0.717) is 0 Å². The van der Waals surface area contributed by atoms with Crippen LogP contribution in [0.2, 0.25) is 0 Å². The van der Waals surface area contributed by atoms with Crippen LogP contribution in [0.3, 0.4) is 0 Å². The van der Waals surface area contributed by atoms with E-state index in [0.717, 1.165) is 38.8 Å². The third-order valence-electron chi connectivity index (χ3n) is 4.43. The van der Waals surface area contributed by atoms with Gasteiger partial charge in [-0.1, -0.05) is 30.3 Å². The summed E-state index contributed by atoms with van der Waals surface area (Å²) in [7, 11) is 1.81. The number of rotatable bonds is 5. The van der Waals surface area contributed by atoms with Crippen LogP contribution >= 0.6 is 0 Å². The van der Waals surface area contributed by atoms with Crippen LogP contribution in [0, 0.1) is 0 Å². The molecule has 1 aromatic carbocycles. The molecular weight excluding hydrogens is 288 g/mol. The van der Waals surface area contributed by atoms with E-state index in [1.54, 1.807) is 0 Å². The van der Waals surface area contributed by atoms with Gasteiger partial charge < -0.3 is 15.4 Å². The Labute approximate surface area is 140 Å². The first-order chi connectivity index (χ1) is 11.0. The van der Waals surface area contributed by atoms with Gasteiger partial charge in [-0.3, -0.25) is 9.89 Å². The molecule has 1 unspecified atom stereocenters. The maximum Gasteiger partial charge on any atom is 0.191 e. The Balaban J connectivity index is 1.87. The second-order valence-electron chi connectivity index (χ2n) is 6.61. The molecule has 1 heterocycles. The number of morpholine rings is 1. The maximum absolute atomic E-state index is 5.45. The van der Waals surface area contributed by atoms with Crippen LogP contribution in [0.15, 0.2) is 35.3 Å². The molecule has 1 atom stereocenters. The van der Waals surface area contributed by atoms with Crippen molar-refractivity contribution in [3.63, 3.8) is 0 Å². The Bertz CT molecular complexity index is 495. The Morgan fingerprint density at radius 1 is 1.26 bits per heavy atom. The summed E-state index contributed by atoms with van der Waals surface area (Å²) in [5, 5.41) is 6.92. The van der Waals surface area contributed by atoms with Gasteiger partial charge in [0, 0.05) is 32.2 Å². The lowest BCUT2D eigenvalue weighted by Crippen LogP contribution is -2.56. The summed E-state index contributed by atoms with van der Waals surface area (Å²) in [5.41, 5.74) is 1.32. The molecule has 0 aromatic heterocycles. The molecule has 1 aliphatic rings.